The second-order valence-corrected chi connectivity index (χ2v) is 12.8. The zero-order valence-electron chi connectivity index (χ0n) is 19.5. The minimum Gasteiger partial charge on any atom is -0.543 e. The van der Waals surface area contributed by atoms with Gasteiger partial charge in [0, 0.05) is 35.3 Å². The molecule has 4 rings (SSSR count). The predicted octanol–water partition coefficient (Wildman–Crippen LogP) is -3.31. The van der Waals surface area contributed by atoms with E-state index in [2.05, 4.69) is 20.5 Å². The summed E-state index contributed by atoms with van der Waals surface area (Å²) in [6.07, 6.45) is -0.0865. The number of hydrogen-bond donors (Lipinski definition) is 2. The normalized spacial score (nSPS) is 18.5. The number of nitrogens with zero attached hydrogens (tertiary/aromatic N) is 3. The van der Waals surface area contributed by atoms with Gasteiger partial charge >= 0.3 is 40.4 Å². The van der Waals surface area contributed by atoms with Gasteiger partial charge in [-0.25, -0.2) is 0 Å². The largest absolute Gasteiger partial charge is 1.00 e. The number of β-lactam (4-membered cyclic amide) rings is 1. The zero-order chi connectivity index (χ0) is 25.8. The fourth-order valence-electron chi connectivity index (χ4n) is 3.36. The van der Waals surface area contributed by atoms with Crippen molar-refractivity contribution in [3.63, 3.8) is 0 Å². The number of esters is 1. The molecule has 2 aliphatic rings. The smallest absolute Gasteiger partial charge is 0.543 e. The summed E-state index contributed by atoms with van der Waals surface area (Å²) in [5, 5.41) is 23.7. The van der Waals surface area contributed by atoms with Gasteiger partial charge in [-0.3, -0.25) is 24.1 Å². The van der Waals surface area contributed by atoms with E-state index in [0.29, 0.717) is 31.5 Å². The number of thiazole rings is 1. The number of H-pyrrole nitrogens is 1. The van der Waals surface area contributed by atoms with Gasteiger partial charge in [-0.2, -0.15) is 0 Å². The van der Waals surface area contributed by atoms with Crippen LogP contribution in [-0.2, 0) is 30.3 Å². The summed E-state index contributed by atoms with van der Waals surface area (Å²) in [6, 6.07) is -0.855. The third kappa shape index (κ3) is 7.62. The van der Waals surface area contributed by atoms with Gasteiger partial charge in [0.1, 0.15) is 18.0 Å². The Hall–Kier alpha value is -1.34. The Kier molecular flexibility index (Phi) is 11.1. The Morgan fingerprint density at radius 1 is 1.27 bits per heavy atom. The average molecular weight is 612 g/mol. The first-order valence-corrected chi connectivity index (χ1v) is 15.0. The van der Waals surface area contributed by atoms with Crippen molar-refractivity contribution in [3.05, 3.63) is 32.0 Å². The molecule has 0 aromatic carbocycles. The number of hydrogen-bond acceptors (Lipinski definition) is 14. The molecule has 12 nitrogen and oxygen atoms in total. The number of aliphatic carboxylic acids is 1. The maximum Gasteiger partial charge on any atom is 1.00 e. The second-order valence-electron chi connectivity index (χ2n) is 7.36. The molecule has 37 heavy (non-hydrogen) atoms. The van der Waals surface area contributed by atoms with Crippen molar-refractivity contribution < 1.29 is 58.6 Å². The summed E-state index contributed by atoms with van der Waals surface area (Å²) in [6.45, 7) is 1.60. The molecular weight excluding hydrogens is 594 g/mol. The van der Waals surface area contributed by atoms with Crippen molar-refractivity contribution in [3.8, 4) is 0 Å². The molecule has 0 saturated carbocycles. The number of amides is 2. The number of carbonyl (C=O) groups is 4. The molecule has 2 aromatic heterocycles. The number of aromatic amines is 1. The molecule has 2 amide bonds. The van der Waals surface area contributed by atoms with E-state index in [1.807, 2.05) is 0 Å². The number of ether oxygens (including phenoxy) is 1. The van der Waals surface area contributed by atoms with E-state index >= 15 is 0 Å². The molecule has 1 unspecified atom stereocenters. The predicted molar refractivity (Wildman–Crippen MR) is 134 cm³/mol. The molecular formula is C19H18N5NaO7S5. The number of carbonyl (C=O) groups excluding carboxylic acids is 4. The quantitative estimate of drug-likeness (QED) is 0.0852. The fourth-order valence-corrected chi connectivity index (χ4v) is 8.33. The molecule has 2 aliphatic heterocycles. The molecule has 2 atom stereocenters. The fraction of sp³-hybridized carbons (Fsp3) is 0.421. The van der Waals surface area contributed by atoms with Crippen LogP contribution in [0.4, 0.5) is 0 Å². The minimum absolute atomic E-state index is 0. The van der Waals surface area contributed by atoms with Crippen LogP contribution in [0.5, 0.6) is 0 Å². The Balaban J connectivity index is 0.00000380. The number of aromatic nitrogens is 3. The molecule has 0 bridgehead atoms. The Bertz CT molecular complexity index is 1280. The van der Waals surface area contributed by atoms with E-state index in [4.69, 9.17) is 4.74 Å². The number of rotatable bonds is 11. The summed E-state index contributed by atoms with van der Waals surface area (Å²) in [7, 11) is 0. The Morgan fingerprint density at radius 2 is 2.00 bits per heavy atom. The van der Waals surface area contributed by atoms with Crippen molar-refractivity contribution >= 4 is 81.7 Å². The summed E-state index contributed by atoms with van der Waals surface area (Å²) in [4.78, 5) is 62.4. The molecule has 1 saturated heterocycles. The van der Waals surface area contributed by atoms with Gasteiger partial charge in [0.05, 0.1) is 18.1 Å². The molecule has 0 radical (unpaired) electrons. The number of thioether (sulfide) groups is 3. The maximum atomic E-state index is 12.7. The van der Waals surface area contributed by atoms with Crippen molar-refractivity contribution in [1.82, 2.24) is 25.4 Å². The van der Waals surface area contributed by atoms with Gasteiger partial charge in [0.2, 0.25) is 5.91 Å². The summed E-state index contributed by atoms with van der Waals surface area (Å²) < 4.78 is 6.20. The summed E-state index contributed by atoms with van der Waals surface area (Å²) in [5.41, 5.74) is 0.790. The van der Waals surface area contributed by atoms with Crippen LogP contribution in [0.25, 0.3) is 0 Å². The van der Waals surface area contributed by atoms with Crippen LogP contribution in [0.3, 0.4) is 0 Å². The monoisotopic (exact) mass is 611 g/mol. The van der Waals surface area contributed by atoms with Crippen LogP contribution < -0.4 is 44.9 Å². The van der Waals surface area contributed by atoms with Crippen LogP contribution in [0.2, 0.25) is 0 Å². The first kappa shape index (κ1) is 30.2. The van der Waals surface area contributed by atoms with E-state index in [1.54, 1.807) is 0 Å². The standard InChI is InChI=1S/C19H19N5O7S5.Na/c1-8(25)31-2-3-32-18-22-23-19(36-18)35-6-9-5-33-15-12(14(27)24(15)13(9)16(28)29)21-11(26)4-10-7-34-17(30)20-10;/h7,12,15H,2-6H2,1H3,(H,20,30)(H,21,26)(H,28,29);/q;+1/p-1/t12?,15-;/m1./s1. The molecule has 2 N–H and O–H groups in total. The molecule has 4 heterocycles. The Morgan fingerprint density at radius 3 is 2.65 bits per heavy atom. The van der Waals surface area contributed by atoms with Gasteiger partial charge < -0.3 is 24.9 Å². The van der Waals surface area contributed by atoms with Crippen molar-refractivity contribution in [2.75, 3.05) is 23.9 Å². The number of fused-ring (bicyclic) bond motifs is 1. The zero-order valence-corrected chi connectivity index (χ0v) is 25.6. The van der Waals surface area contributed by atoms with Gasteiger partial charge in [-0.15, -0.1) is 22.0 Å². The first-order chi connectivity index (χ1) is 17.2. The molecule has 2 aromatic rings. The summed E-state index contributed by atoms with van der Waals surface area (Å²) in [5.74, 6) is -1.61. The van der Waals surface area contributed by atoms with E-state index < -0.39 is 29.2 Å². The minimum atomic E-state index is -1.45. The molecule has 1 fully saturated rings. The van der Waals surface area contributed by atoms with E-state index in [-0.39, 0.29) is 64.9 Å². The van der Waals surface area contributed by atoms with Crippen LogP contribution in [0.15, 0.2) is 30.1 Å². The van der Waals surface area contributed by atoms with Crippen molar-refractivity contribution in [2.24, 2.45) is 0 Å². The molecule has 0 spiro atoms. The third-order valence-corrected chi connectivity index (χ3v) is 10.1. The third-order valence-electron chi connectivity index (χ3n) is 4.85. The van der Waals surface area contributed by atoms with Crippen LogP contribution in [-0.4, -0.2) is 79.1 Å². The Labute approximate surface area is 253 Å². The molecule has 18 heteroatoms. The van der Waals surface area contributed by atoms with Gasteiger partial charge in [0.25, 0.3) is 5.91 Å². The molecule has 0 aliphatic carbocycles. The van der Waals surface area contributed by atoms with E-state index in [9.17, 15) is 29.1 Å². The maximum absolute atomic E-state index is 12.7. The molecule has 192 valence electrons. The topological polar surface area (TPSA) is 174 Å². The van der Waals surface area contributed by atoms with E-state index in [0.717, 1.165) is 16.2 Å². The van der Waals surface area contributed by atoms with Crippen molar-refractivity contribution in [2.45, 2.75) is 33.4 Å². The first-order valence-electron chi connectivity index (χ1n) is 10.3. The number of nitrogens with one attached hydrogen (secondary N) is 2. The van der Waals surface area contributed by atoms with Gasteiger partial charge in [-0.05, 0) is 5.57 Å². The second kappa shape index (κ2) is 13.6. The van der Waals surface area contributed by atoms with E-state index in [1.165, 1.54) is 58.9 Å². The average Bonchev–Trinajstić information content (AvgIpc) is 3.46. The SMILES string of the molecule is CC(=O)OCCSc1nnc(SCC2=C(C(=O)[O-])N3C(=O)C(NC(=O)Cc4csc(=O)[nH]4)[C@H]3SC2)s1.[Na+]. The van der Waals surface area contributed by atoms with Crippen LogP contribution in [0, 0.1) is 0 Å². The summed E-state index contributed by atoms with van der Waals surface area (Å²) >= 11 is 6.34. The number of carboxylic acid groups (broad SMARTS) is 1. The van der Waals surface area contributed by atoms with Crippen LogP contribution >= 0.6 is 58.0 Å². The van der Waals surface area contributed by atoms with Crippen molar-refractivity contribution in [1.29, 1.82) is 0 Å². The van der Waals surface area contributed by atoms with Crippen LogP contribution in [0.1, 0.15) is 12.6 Å². The van der Waals surface area contributed by atoms with Gasteiger partial charge in [-0.1, -0.05) is 46.2 Å². The number of carboxylic acids is 1. The van der Waals surface area contributed by atoms with Gasteiger partial charge in [0.15, 0.2) is 8.68 Å².